The topological polar surface area (TPSA) is 36.4 Å². The zero-order chi connectivity index (χ0) is 15.4. The Hall–Kier alpha value is -2.01. The summed E-state index contributed by atoms with van der Waals surface area (Å²) in [5, 5.41) is 0.804. The van der Waals surface area contributed by atoms with Crippen molar-refractivity contribution in [3.05, 3.63) is 54.2 Å². The van der Waals surface area contributed by atoms with Crippen molar-refractivity contribution in [1.29, 1.82) is 0 Å². The minimum Gasteiger partial charge on any atom is -0.368 e. The molecular weight excluding hydrogens is 294 g/mol. The van der Waals surface area contributed by atoms with Gasteiger partial charge in [0.1, 0.15) is 5.03 Å². The molecule has 0 N–H and O–H groups in total. The number of thioether (sulfide) groups is 1. The number of hydrogen-bond acceptors (Lipinski definition) is 4. The number of rotatable bonds is 3. The summed E-state index contributed by atoms with van der Waals surface area (Å²) in [6.07, 6.45) is 3.68. The second-order valence-corrected chi connectivity index (χ2v) is 5.97. The van der Waals surface area contributed by atoms with Crippen molar-refractivity contribution in [2.75, 3.05) is 37.3 Å². The Morgan fingerprint density at radius 2 is 1.77 bits per heavy atom. The molecule has 0 bridgehead atoms. The first-order valence-electron chi connectivity index (χ1n) is 7.38. The molecule has 4 nitrogen and oxygen atoms in total. The lowest BCUT2D eigenvalue weighted by atomic mass is 10.2. The van der Waals surface area contributed by atoms with Crippen LogP contribution in [0, 0.1) is 0 Å². The Bertz CT molecular complexity index is 639. The summed E-state index contributed by atoms with van der Waals surface area (Å²) in [5.74, 6) is 0.0881. The van der Waals surface area contributed by atoms with Gasteiger partial charge in [-0.25, -0.2) is 4.98 Å². The normalized spacial score (nSPS) is 15.0. The summed E-state index contributed by atoms with van der Waals surface area (Å²) in [5.41, 5.74) is 1.93. The van der Waals surface area contributed by atoms with E-state index >= 15 is 0 Å². The Labute approximate surface area is 135 Å². The molecule has 5 heteroatoms. The number of carbonyl (C=O) groups is 1. The van der Waals surface area contributed by atoms with Gasteiger partial charge in [-0.1, -0.05) is 18.2 Å². The van der Waals surface area contributed by atoms with Crippen LogP contribution in [-0.4, -0.2) is 48.2 Å². The van der Waals surface area contributed by atoms with Gasteiger partial charge >= 0.3 is 0 Å². The second-order valence-electron chi connectivity index (χ2n) is 5.18. The number of nitrogens with zero attached hydrogens (tertiary/aromatic N) is 3. The third kappa shape index (κ3) is 3.09. The van der Waals surface area contributed by atoms with Crippen molar-refractivity contribution in [3.63, 3.8) is 0 Å². The second kappa shape index (κ2) is 6.83. The predicted octanol–water partition coefficient (Wildman–Crippen LogP) is 2.77. The van der Waals surface area contributed by atoms with Gasteiger partial charge in [-0.05, 0) is 30.5 Å². The molecule has 3 rings (SSSR count). The van der Waals surface area contributed by atoms with Crippen molar-refractivity contribution in [3.8, 4) is 0 Å². The highest BCUT2D eigenvalue weighted by Crippen LogP contribution is 2.21. The van der Waals surface area contributed by atoms with Crippen LogP contribution < -0.4 is 4.90 Å². The fraction of sp³-hybridized carbons (Fsp3) is 0.294. The average molecular weight is 313 g/mol. The number of piperazine rings is 1. The summed E-state index contributed by atoms with van der Waals surface area (Å²) in [6.45, 7) is 3.22. The number of benzene rings is 1. The van der Waals surface area contributed by atoms with E-state index in [4.69, 9.17) is 0 Å². The SMILES string of the molecule is CSc1ncccc1C(=O)N1CCN(c2ccccc2)CC1. The highest BCUT2D eigenvalue weighted by atomic mass is 32.2. The first-order chi connectivity index (χ1) is 10.8. The van der Waals surface area contributed by atoms with Crippen LogP contribution in [0.1, 0.15) is 10.4 Å². The molecule has 1 saturated heterocycles. The molecule has 0 aliphatic carbocycles. The molecule has 0 spiro atoms. The molecule has 1 aliphatic heterocycles. The van der Waals surface area contributed by atoms with Gasteiger partial charge in [0.25, 0.3) is 5.91 Å². The van der Waals surface area contributed by atoms with Crippen LogP contribution in [0.2, 0.25) is 0 Å². The summed E-state index contributed by atoms with van der Waals surface area (Å²) in [4.78, 5) is 21.2. The smallest absolute Gasteiger partial charge is 0.256 e. The molecule has 0 radical (unpaired) electrons. The zero-order valence-electron chi connectivity index (χ0n) is 12.6. The molecule has 1 aromatic heterocycles. The summed E-state index contributed by atoms with van der Waals surface area (Å²) in [6, 6.07) is 14.0. The fourth-order valence-electron chi connectivity index (χ4n) is 2.69. The molecule has 1 fully saturated rings. The molecule has 0 saturated carbocycles. The number of carbonyl (C=O) groups excluding carboxylic acids is 1. The first-order valence-corrected chi connectivity index (χ1v) is 8.60. The van der Waals surface area contributed by atoms with Crippen molar-refractivity contribution in [2.24, 2.45) is 0 Å². The number of anilines is 1. The number of hydrogen-bond donors (Lipinski definition) is 0. The van der Waals surface area contributed by atoms with Crippen LogP contribution in [-0.2, 0) is 0 Å². The number of para-hydroxylation sites is 1. The van der Waals surface area contributed by atoms with Gasteiger partial charge in [-0.2, -0.15) is 0 Å². The Balaban J connectivity index is 1.67. The molecule has 2 aromatic rings. The van der Waals surface area contributed by atoms with Gasteiger partial charge in [-0.3, -0.25) is 4.79 Å². The molecule has 0 unspecified atom stereocenters. The number of amides is 1. The van der Waals surface area contributed by atoms with E-state index in [1.165, 1.54) is 17.4 Å². The van der Waals surface area contributed by atoms with Gasteiger partial charge in [0, 0.05) is 38.1 Å². The molecule has 22 heavy (non-hydrogen) atoms. The van der Waals surface area contributed by atoms with Crippen LogP contribution in [0.5, 0.6) is 0 Å². The minimum absolute atomic E-state index is 0.0881. The molecule has 0 atom stereocenters. The Kier molecular flexibility index (Phi) is 4.63. The van der Waals surface area contributed by atoms with Gasteiger partial charge in [0.05, 0.1) is 5.56 Å². The standard InChI is InChI=1S/C17H19N3OS/c1-22-16-15(8-5-9-18-16)17(21)20-12-10-19(11-13-20)14-6-3-2-4-7-14/h2-9H,10-13H2,1H3. The quantitative estimate of drug-likeness (QED) is 0.817. The van der Waals surface area contributed by atoms with Crippen LogP contribution >= 0.6 is 11.8 Å². The summed E-state index contributed by atoms with van der Waals surface area (Å²) >= 11 is 1.52. The highest BCUT2D eigenvalue weighted by Gasteiger charge is 2.24. The van der Waals surface area contributed by atoms with E-state index in [1.54, 1.807) is 6.20 Å². The van der Waals surface area contributed by atoms with Crippen LogP contribution in [0.25, 0.3) is 0 Å². The van der Waals surface area contributed by atoms with Crippen LogP contribution in [0.4, 0.5) is 5.69 Å². The van der Waals surface area contributed by atoms with E-state index in [2.05, 4.69) is 22.0 Å². The lowest BCUT2D eigenvalue weighted by Gasteiger charge is -2.36. The Morgan fingerprint density at radius 3 is 2.45 bits per heavy atom. The molecule has 1 aliphatic rings. The van der Waals surface area contributed by atoms with Gasteiger partial charge in [-0.15, -0.1) is 11.8 Å². The number of pyridine rings is 1. The third-order valence-electron chi connectivity index (χ3n) is 3.88. The maximum atomic E-state index is 12.7. The van der Waals surface area contributed by atoms with Crippen molar-refractivity contribution < 1.29 is 4.79 Å². The monoisotopic (exact) mass is 313 g/mol. The van der Waals surface area contributed by atoms with Crippen LogP contribution in [0.15, 0.2) is 53.7 Å². The highest BCUT2D eigenvalue weighted by molar-refractivity contribution is 7.98. The first kappa shape index (κ1) is 14.9. The van der Waals surface area contributed by atoms with E-state index in [1.807, 2.05) is 41.5 Å². The average Bonchev–Trinajstić information content (AvgIpc) is 2.62. The third-order valence-corrected chi connectivity index (χ3v) is 4.60. The maximum Gasteiger partial charge on any atom is 0.256 e. The molecule has 1 aromatic carbocycles. The molecule has 1 amide bonds. The molecular formula is C17H19N3OS. The summed E-state index contributed by atoms with van der Waals surface area (Å²) < 4.78 is 0. The summed E-state index contributed by atoms with van der Waals surface area (Å²) in [7, 11) is 0. The maximum absolute atomic E-state index is 12.7. The molecule has 2 heterocycles. The zero-order valence-corrected chi connectivity index (χ0v) is 13.4. The van der Waals surface area contributed by atoms with Gasteiger partial charge in [0.2, 0.25) is 0 Å². The largest absolute Gasteiger partial charge is 0.368 e. The van der Waals surface area contributed by atoms with Crippen molar-refractivity contribution in [1.82, 2.24) is 9.88 Å². The van der Waals surface area contributed by atoms with E-state index in [9.17, 15) is 4.79 Å². The lowest BCUT2D eigenvalue weighted by molar-refractivity contribution is 0.0742. The fourth-order valence-corrected chi connectivity index (χ4v) is 3.23. The predicted molar refractivity (Wildman–Crippen MR) is 90.6 cm³/mol. The van der Waals surface area contributed by atoms with Gasteiger partial charge in [0.15, 0.2) is 0 Å². The van der Waals surface area contributed by atoms with E-state index in [0.717, 1.165) is 31.2 Å². The van der Waals surface area contributed by atoms with E-state index in [-0.39, 0.29) is 5.91 Å². The lowest BCUT2D eigenvalue weighted by Crippen LogP contribution is -2.48. The van der Waals surface area contributed by atoms with E-state index < -0.39 is 0 Å². The van der Waals surface area contributed by atoms with Gasteiger partial charge < -0.3 is 9.80 Å². The van der Waals surface area contributed by atoms with E-state index in [0.29, 0.717) is 5.56 Å². The van der Waals surface area contributed by atoms with Crippen molar-refractivity contribution >= 4 is 23.4 Å². The Morgan fingerprint density at radius 1 is 1.05 bits per heavy atom. The molecule has 114 valence electrons. The van der Waals surface area contributed by atoms with Crippen LogP contribution in [0.3, 0.4) is 0 Å². The number of aromatic nitrogens is 1. The minimum atomic E-state index is 0.0881. The van der Waals surface area contributed by atoms with Crippen molar-refractivity contribution in [2.45, 2.75) is 5.03 Å².